The fourth-order valence-corrected chi connectivity index (χ4v) is 3.40. The van der Waals surface area contributed by atoms with Crippen LogP contribution in [0.15, 0.2) is 30.3 Å². The highest BCUT2D eigenvalue weighted by molar-refractivity contribution is 5.86. The van der Waals surface area contributed by atoms with Crippen LogP contribution in [0, 0.1) is 0 Å². The molecule has 0 heterocycles. The Bertz CT molecular complexity index is 474. The van der Waals surface area contributed by atoms with Crippen molar-refractivity contribution in [2.45, 2.75) is 51.1 Å². The van der Waals surface area contributed by atoms with Gasteiger partial charge >= 0.3 is 0 Å². The number of carbonyl (C=O) groups is 1. The number of nitrogens with zero attached hydrogens (tertiary/aromatic N) is 1. The number of halogens is 2. The van der Waals surface area contributed by atoms with Gasteiger partial charge in [-0.1, -0.05) is 57.0 Å². The highest BCUT2D eigenvalue weighted by Crippen LogP contribution is 2.27. The first-order valence-electron chi connectivity index (χ1n) is 8.47. The molecular formula is C18H31Cl2N3O. The van der Waals surface area contributed by atoms with Crippen LogP contribution in [0.25, 0.3) is 0 Å². The Morgan fingerprint density at radius 3 is 2.21 bits per heavy atom. The molecule has 3 N–H and O–H groups in total. The van der Waals surface area contributed by atoms with E-state index in [1.165, 1.54) is 5.56 Å². The molecule has 1 saturated carbocycles. The topological polar surface area (TPSA) is 58.4 Å². The molecule has 24 heavy (non-hydrogen) atoms. The Morgan fingerprint density at radius 1 is 1.17 bits per heavy atom. The summed E-state index contributed by atoms with van der Waals surface area (Å²) in [5, 5.41) is 3.11. The molecule has 0 saturated heterocycles. The summed E-state index contributed by atoms with van der Waals surface area (Å²) in [4.78, 5) is 14.8. The fraction of sp³-hybridized carbons (Fsp3) is 0.611. The lowest BCUT2D eigenvalue weighted by Gasteiger charge is -2.31. The molecule has 0 bridgehead atoms. The number of amides is 1. The summed E-state index contributed by atoms with van der Waals surface area (Å²) in [6.45, 7) is 6.84. The third kappa shape index (κ3) is 5.62. The van der Waals surface area contributed by atoms with Crippen molar-refractivity contribution < 1.29 is 4.79 Å². The molecule has 0 radical (unpaired) electrons. The van der Waals surface area contributed by atoms with Crippen molar-refractivity contribution in [1.82, 2.24) is 10.2 Å². The summed E-state index contributed by atoms with van der Waals surface area (Å²) >= 11 is 0. The maximum absolute atomic E-state index is 12.4. The second kappa shape index (κ2) is 10.9. The summed E-state index contributed by atoms with van der Waals surface area (Å²) in [6, 6.07) is 10.6. The summed E-state index contributed by atoms with van der Waals surface area (Å²) in [5.74, 6) is 0.0121. The summed E-state index contributed by atoms with van der Waals surface area (Å²) in [7, 11) is 0. The zero-order chi connectivity index (χ0) is 16.0. The van der Waals surface area contributed by atoms with Crippen molar-refractivity contribution in [3.63, 3.8) is 0 Å². The normalized spacial score (nSPS) is 16.8. The molecule has 1 atom stereocenters. The van der Waals surface area contributed by atoms with E-state index in [4.69, 9.17) is 5.73 Å². The fourth-order valence-electron chi connectivity index (χ4n) is 3.40. The van der Waals surface area contributed by atoms with Crippen LogP contribution in [0.2, 0.25) is 0 Å². The van der Waals surface area contributed by atoms with Crippen LogP contribution in [0.5, 0.6) is 0 Å². The van der Waals surface area contributed by atoms with E-state index in [-0.39, 0.29) is 36.8 Å². The van der Waals surface area contributed by atoms with Crippen LogP contribution in [0.1, 0.15) is 51.1 Å². The standard InChI is InChI=1S/C18H29N3O.2ClH/c1-3-21(4-2)16(15-10-6-5-7-11-15)14-20-17(22)18(19)12-8-9-13-18;;/h5-7,10-11,16H,3-4,8-9,12-14,19H2,1-2H3,(H,20,22);2*1H. The number of rotatable bonds is 7. The van der Waals surface area contributed by atoms with Crippen molar-refractivity contribution in [3.05, 3.63) is 35.9 Å². The SMILES string of the molecule is CCN(CC)C(CNC(=O)C1(N)CCCC1)c1ccccc1.Cl.Cl. The van der Waals surface area contributed by atoms with Crippen LogP contribution in [-0.2, 0) is 4.79 Å². The summed E-state index contributed by atoms with van der Waals surface area (Å²) in [6.07, 6.45) is 3.73. The highest BCUT2D eigenvalue weighted by Gasteiger charge is 2.37. The summed E-state index contributed by atoms with van der Waals surface area (Å²) < 4.78 is 0. The molecule has 1 unspecified atom stereocenters. The Balaban J connectivity index is 0.00000264. The third-order valence-corrected chi connectivity index (χ3v) is 4.84. The largest absolute Gasteiger partial charge is 0.353 e. The predicted molar refractivity (Wildman–Crippen MR) is 105 cm³/mol. The smallest absolute Gasteiger partial charge is 0.240 e. The van der Waals surface area contributed by atoms with Gasteiger partial charge in [0.1, 0.15) is 0 Å². The lowest BCUT2D eigenvalue weighted by molar-refractivity contribution is -0.126. The number of nitrogens with two attached hydrogens (primary N) is 1. The molecule has 0 aromatic heterocycles. The molecular weight excluding hydrogens is 345 g/mol. The lowest BCUT2D eigenvalue weighted by atomic mass is 9.97. The Morgan fingerprint density at radius 2 is 1.71 bits per heavy atom. The van der Waals surface area contributed by atoms with Crippen LogP contribution in [0.4, 0.5) is 0 Å². The van der Waals surface area contributed by atoms with Gasteiger partial charge in [-0.25, -0.2) is 0 Å². The van der Waals surface area contributed by atoms with Gasteiger partial charge in [-0.2, -0.15) is 0 Å². The number of hydrogen-bond donors (Lipinski definition) is 2. The minimum Gasteiger partial charge on any atom is -0.353 e. The van der Waals surface area contributed by atoms with Gasteiger partial charge in [0.15, 0.2) is 0 Å². The quantitative estimate of drug-likeness (QED) is 0.768. The van der Waals surface area contributed by atoms with E-state index in [0.717, 1.165) is 38.8 Å². The van der Waals surface area contributed by atoms with Gasteiger partial charge in [0, 0.05) is 6.54 Å². The monoisotopic (exact) mass is 375 g/mol. The molecule has 0 aliphatic heterocycles. The van der Waals surface area contributed by atoms with Gasteiger partial charge in [0.25, 0.3) is 0 Å². The summed E-state index contributed by atoms with van der Waals surface area (Å²) in [5.41, 5.74) is 6.83. The predicted octanol–water partition coefficient (Wildman–Crippen LogP) is 3.30. The molecule has 1 aliphatic rings. The van der Waals surface area contributed by atoms with Crippen LogP contribution in [-0.4, -0.2) is 36.0 Å². The Kier molecular flexibility index (Phi) is 10.6. The van der Waals surface area contributed by atoms with Gasteiger partial charge in [-0.05, 0) is 31.5 Å². The minimum atomic E-state index is -0.648. The molecule has 138 valence electrons. The second-order valence-electron chi connectivity index (χ2n) is 6.22. The van der Waals surface area contributed by atoms with E-state index < -0.39 is 5.54 Å². The molecule has 1 aliphatic carbocycles. The number of nitrogens with one attached hydrogen (secondary N) is 1. The van der Waals surface area contributed by atoms with Gasteiger partial charge in [0.05, 0.1) is 11.6 Å². The van der Waals surface area contributed by atoms with Crippen molar-refractivity contribution >= 4 is 30.7 Å². The maximum Gasteiger partial charge on any atom is 0.240 e. The van der Waals surface area contributed by atoms with Gasteiger partial charge in [-0.15, -0.1) is 24.8 Å². The van der Waals surface area contributed by atoms with Gasteiger partial charge in [0.2, 0.25) is 5.91 Å². The average molecular weight is 376 g/mol. The third-order valence-electron chi connectivity index (χ3n) is 4.84. The molecule has 1 amide bonds. The van der Waals surface area contributed by atoms with Gasteiger partial charge < -0.3 is 11.1 Å². The molecule has 1 fully saturated rings. The van der Waals surface area contributed by atoms with Crippen molar-refractivity contribution in [3.8, 4) is 0 Å². The van der Waals surface area contributed by atoms with E-state index in [1.54, 1.807) is 0 Å². The number of likely N-dealkylation sites (N-methyl/N-ethyl adjacent to an activating group) is 1. The molecule has 6 heteroatoms. The first kappa shape index (κ1) is 23.2. The number of hydrogen-bond acceptors (Lipinski definition) is 3. The molecule has 1 aromatic rings. The van der Waals surface area contributed by atoms with E-state index in [9.17, 15) is 4.79 Å². The van der Waals surface area contributed by atoms with Crippen LogP contribution >= 0.6 is 24.8 Å². The van der Waals surface area contributed by atoms with E-state index >= 15 is 0 Å². The van der Waals surface area contributed by atoms with Gasteiger partial charge in [-0.3, -0.25) is 9.69 Å². The molecule has 1 aromatic carbocycles. The Labute approximate surface area is 158 Å². The second-order valence-corrected chi connectivity index (χ2v) is 6.22. The van der Waals surface area contributed by atoms with Crippen molar-refractivity contribution in [1.29, 1.82) is 0 Å². The average Bonchev–Trinajstić information content (AvgIpc) is 3.00. The Hall–Kier alpha value is -0.810. The zero-order valence-electron chi connectivity index (χ0n) is 14.7. The molecule has 2 rings (SSSR count). The van der Waals surface area contributed by atoms with Crippen LogP contribution < -0.4 is 11.1 Å². The number of carbonyl (C=O) groups excluding carboxylic acids is 1. The van der Waals surface area contributed by atoms with E-state index in [1.807, 2.05) is 6.07 Å². The highest BCUT2D eigenvalue weighted by atomic mass is 35.5. The minimum absolute atomic E-state index is 0. The molecule has 0 spiro atoms. The maximum atomic E-state index is 12.4. The van der Waals surface area contributed by atoms with Crippen molar-refractivity contribution in [2.24, 2.45) is 5.73 Å². The number of benzene rings is 1. The van der Waals surface area contributed by atoms with Crippen molar-refractivity contribution in [2.75, 3.05) is 19.6 Å². The zero-order valence-corrected chi connectivity index (χ0v) is 16.3. The van der Waals surface area contributed by atoms with E-state index in [0.29, 0.717) is 6.54 Å². The van der Waals surface area contributed by atoms with E-state index in [2.05, 4.69) is 48.3 Å². The van der Waals surface area contributed by atoms with Crippen LogP contribution in [0.3, 0.4) is 0 Å². The first-order chi connectivity index (χ1) is 10.6. The first-order valence-corrected chi connectivity index (χ1v) is 8.47. The molecule has 4 nitrogen and oxygen atoms in total. The lowest BCUT2D eigenvalue weighted by Crippen LogP contribution is -2.53.